The number of nitrogens with one attached hydrogen (secondary N) is 1. The molecule has 0 aliphatic heterocycles. The van der Waals surface area contributed by atoms with Crippen molar-refractivity contribution in [2.24, 2.45) is 0 Å². The summed E-state index contributed by atoms with van der Waals surface area (Å²) in [6.07, 6.45) is 1.34. The molecule has 0 atom stereocenters. The largest absolute Gasteiger partial charge is 0.416 e. The molecule has 24 heavy (non-hydrogen) atoms. The summed E-state index contributed by atoms with van der Waals surface area (Å²) in [6.45, 7) is -0.0699. The van der Waals surface area contributed by atoms with Crippen molar-refractivity contribution in [1.82, 2.24) is 9.78 Å². The van der Waals surface area contributed by atoms with Crippen LogP contribution in [0.1, 0.15) is 29.7 Å². The first-order valence-electron chi connectivity index (χ1n) is 7.55. The van der Waals surface area contributed by atoms with Crippen LogP contribution in [0.15, 0.2) is 24.4 Å². The molecule has 2 aromatic rings. The number of benzene rings is 1. The lowest BCUT2D eigenvalue weighted by Crippen LogP contribution is -2.20. The minimum absolute atomic E-state index is 0.0520. The Morgan fingerprint density at radius 3 is 2.75 bits per heavy atom. The van der Waals surface area contributed by atoms with Crippen molar-refractivity contribution in [3.63, 3.8) is 0 Å². The average molecular weight is 358 g/mol. The maximum atomic E-state index is 12.7. The van der Waals surface area contributed by atoms with Gasteiger partial charge in [-0.1, -0.05) is 11.6 Å². The highest BCUT2D eigenvalue weighted by molar-refractivity contribution is 6.33. The summed E-state index contributed by atoms with van der Waals surface area (Å²) in [7, 11) is 0. The van der Waals surface area contributed by atoms with Gasteiger partial charge in [0.1, 0.15) is 6.54 Å². The average Bonchev–Trinajstić information content (AvgIpc) is 2.90. The molecule has 1 N–H and O–H groups in total. The van der Waals surface area contributed by atoms with Gasteiger partial charge in [0.05, 0.1) is 22.0 Å². The molecule has 4 nitrogen and oxygen atoms in total. The fraction of sp³-hybridized carbons (Fsp3) is 0.375. The zero-order valence-corrected chi connectivity index (χ0v) is 13.4. The number of rotatable bonds is 3. The summed E-state index contributed by atoms with van der Waals surface area (Å²) in [5.74, 6) is -0.476. The van der Waals surface area contributed by atoms with Crippen LogP contribution in [0.25, 0.3) is 0 Å². The van der Waals surface area contributed by atoms with Crippen LogP contribution >= 0.6 is 11.6 Å². The number of carbonyl (C=O) groups excluding carboxylic acids is 1. The number of alkyl halides is 3. The van der Waals surface area contributed by atoms with E-state index >= 15 is 0 Å². The molecule has 128 valence electrons. The number of carbonyl (C=O) groups is 1. The SMILES string of the molecule is O=C(Cn1cc2c(n1)CCCC2)Nc1cc(C(F)(F)F)ccc1Cl. The van der Waals surface area contributed by atoms with Gasteiger partial charge in [0.25, 0.3) is 0 Å². The Morgan fingerprint density at radius 1 is 1.29 bits per heavy atom. The number of fused-ring (bicyclic) bond motifs is 1. The molecule has 0 spiro atoms. The predicted octanol–water partition coefficient (Wildman–Crippen LogP) is 4.07. The maximum Gasteiger partial charge on any atom is 0.416 e. The molecule has 1 heterocycles. The maximum absolute atomic E-state index is 12.7. The van der Waals surface area contributed by atoms with Crippen LogP contribution < -0.4 is 5.32 Å². The number of aromatic nitrogens is 2. The van der Waals surface area contributed by atoms with Crippen LogP contribution in [-0.4, -0.2) is 15.7 Å². The second kappa shape index (κ2) is 6.47. The number of nitrogens with zero attached hydrogens (tertiary/aromatic N) is 2. The number of aryl methyl sites for hydroxylation is 2. The minimum atomic E-state index is -4.49. The van der Waals surface area contributed by atoms with Gasteiger partial charge in [-0.05, 0) is 49.4 Å². The molecule has 8 heteroatoms. The molecule has 3 rings (SSSR count). The van der Waals surface area contributed by atoms with Gasteiger partial charge in [0.15, 0.2) is 0 Å². The standard InChI is InChI=1S/C16H15ClF3N3O/c17-12-6-5-11(16(18,19)20)7-14(12)21-15(24)9-23-8-10-3-1-2-4-13(10)22-23/h5-8H,1-4,9H2,(H,21,24). The van der Waals surface area contributed by atoms with Crippen molar-refractivity contribution >= 4 is 23.2 Å². The molecule has 1 aliphatic carbocycles. The minimum Gasteiger partial charge on any atom is -0.323 e. The molecule has 0 fully saturated rings. The van der Waals surface area contributed by atoms with Crippen molar-refractivity contribution < 1.29 is 18.0 Å². The Labute approximate surface area is 141 Å². The molecule has 0 unspecified atom stereocenters. The van der Waals surface area contributed by atoms with Crippen LogP contribution in [0.4, 0.5) is 18.9 Å². The van der Waals surface area contributed by atoms with Crippen molar-refractivity contribution in [2.75, 3.05) is 5.32 Å². The molecule has 0 bridgehead atoms. The Kier molecular flexibility index (Phi) is 4.54. The molecule has 1 aromatic carbocycles. The van der Waals surface area contributed by atoms with E-state index in [0.717, 1.165) is 55.1 Å². The Hall–Kier alpha value is -2.02. The summed E-state index contributed by atoms with van der Waals surface area (Å²) in [6, 6.07) is 2.82. The molecular formula is C16H15ClF3N3O. The quantitative estimate of drug-likeness (QED) is 0.900. The lowest BCUT2D eigenvalue weighted by molar-refractivity contribution is -0.137. The van der Waals surface area contributed by atoms with E-state index in [4.69, 9.17) is 11.6 Å². The molecule has 1 aromatic heterocycles. The zero-order chi connectivity index (χ0) is 17.3. The van der Waals surface area contributed by atoms with Gasteiger partial charge in [-0.3, -0.25) is 9.48 Å². The van der Waals surface area contributed by atoms with E-state index < -0.39 is 17.6 Å². The first-order valence-corrected chi connectivity index (χ1v) is 7.92. The van der Waals surface area contributed by atoms with E-state index in [0.29, 0.717) is 0 Å². The van der Waals surface area contributed by atoms with E-state index in [2.05, 4.69) is 10.4 Å². The summed E-state index contributed by atoms with van der Waals surface area (Å²) in [4.78, 5) is 12.1. The molecule has 0 saturated heterocycles. The first kappa shape index (κ1) is 16.8. The number of anilines is 1. The molecular weight excluding hydrogens is 343 g/mol. The fourth-order valence-electron chi connectivity index (χ4n) is 2.75. The summed E-state index contributed by atoms with van der Waals surface area (Å²) in [5.41, 5.74) is 1.20. The number of amides is 1. The second-order valence-electron chi connectivity index (χ2n) is 5.75. The van der Waals surface area contributed by atoms with E-state index in [1.54, 1.807) is 0 Å². The van der Waals surface area contributed by atoms with Gasteiger partial charge in [-0.15, -0.1) is 0 Å². The van der Waals surface area contributed by atoms with Crippen molar-refractivity contribution in [3.05, 3.63) is 46.2 Å². The summed E-state index contributed by atoms with van der Waals surface area (Å²) in [5, 5.41) is 6.83. The summed E-state index contributed by atoms with van der Waals surface area (Å²) < 4.78 is 39.8. The summed E-state index contributed by atoms with van der Waals surface area (Å²) >= 11 is 5.87. The fourth-order valence-corrected chi connectivity index (χ4v) is 2.91. The van der Waals surface area contributed by atoms with E-state index in [9.17, 15) is 18.0 Å². The van der Waals surface area contributed by atoms with Gasteiger partial charge in [0, 0.05) is 6.20 Å². The number of halogens is 4. The third-order valence-electron chi connectivity index (χ3n) is 3.91. The normalized spacial score (nSPS) is 14.3. The number of hydrogen-bond donors (Lipinski definition) is 1. The van der Waals surface area contributed by atoms with Crippen LogP contribution in [0.2, 0.25) is 5.02 Å². The predicted molar refractivity (Wildman–Crippen MR) is 84.0 cm³/mol. The zero-order valence-electron chi connectivity index (χ0n) is 12.7. The Balaban J connectivity index is 1.72. The molecule has 0 saturated carbocycles. The Bertz CT molecular complexity index is 747. The molecule has 1 aliphatic rings. The van der Waals surface area contributed by atoms with Gasteiger partial charge < -0.3 is 5.32 Å². The smallest absolute Gasteiger partial charge is 0.323 e. The topological polar surface area (TPSA) is 46.9 Å². The highest BCUT2D eigenvalue weighted by atomic mass is 35.5. The highest BCUT2D eigenvalue weighted by Gasteiger charge is 2.31. The van der Waals surface area contributed by atoms with Gasteiger partial charge in [0.2, 0.25) is 5.91 Å². The highest BCUT2D eigenvalue weighted by Crippen LogP contribution is 2.33. The lowest BCUT2D eigenvalue weighted by atomic mass is 9.99. The molecule has 1 amide bonds. The van der Waals surface area contributed by atoms with Crippen LogP contribution in [0.5, 0.6) is 0 Å². The van der Waals surface area contributed by atoms with Gasteiger partial charge >= 0.3 is 6.18 Å². The lowest BCUT2D eigenvalue weighted by Gasteiger charge is -2.11. The third-order valence-corrected chi connectivity index (χ3v) is 4.24. The van der Waals surface area contributed by atoms with E-state index in [-0.39, 0.29) is 17.3 Å². The first-order chi connectivity index (χ1) is 11.3. The van der Waals surface area contributed by atoms with Crippen LogP contribution in [0.3, 0.4) is 0 Å². The second-order valence-corrected chi connectivity index (χ2v) is 6.15. The third kappa shape index (κ3) is 3.72. The monoisotopic (exact) mass is 357 g/mol. The van der Waals surface area contributed by atoms with Crippen LogP contribution in [-0.2, 0) is 30.4 Å². The van der Waals surface area contributed by atoms with Crippen LogP contribution in [0, 0.1) is 0 Å². The van der Waals surface area contributed by atoms with E-state index in [1.165, 1.54) is 4.68 Å². The van der Waals surface area contributed by atoms with Crippen molar-refractivity contribution in [1.29, 1.82) is 0 Å². The van der Waals surface area contributed by atoms with Gasteiger partial charge in [-0.2, -0.15) is 18.3 Å². The van der Waals surface area contributed by atoms with Crippen molar-refractivity contribution in [3.8, 4) is 0 Å². The van der Waals surface area contributed by atoms with Gasteiger partial charge in [-0.25, -0.2) is 0 Å². The van der Waals surface area contributed by atoms with Crippen molar-refractivity contribution in [2.45, 2.75) is 38.4 Å². The Morgan fingerprint density at radius 2 is 2.04 bits per heavy atom. The number of hydrogen-bond acceptors (Lipinski definition) is 2. The van der Waals surface area contributed by atoms with E-state index in [1.807, 2.05) is 6.20 Å². The molecule has 0 radical (unpaired) electrons.